The van der Waals surface area contributed by atoms with Crippen molar-refractivity contribution in [3.05, 3.63) is 41.3 Å². The van der Waals surface area contributed by atoms with E-state index in [1.54, 1.807) is 12.0 Å². The van der Waals surface area contributed by atoms with E-state index in [2.05, 4.69) is 53.1 Å². The van der Waals surface area contributed by atoms with Gasteiger partial charge in [0.1, 0.15) is 5.60 Å². The molecule has 1 atom stereocenters. The molecule has 3 aromatic rings. The molecule has 0 N–H and O–H groups in total. The molecule has 5 rings (SSSR count). The van der Waals surface area contributed by atoms with Gasteiger partial charge in [-0.05, 0) is 58.4 Å². The van der Waals surface area contributed by atoms with Gasteiger partial charge in [0.2, 0.25) is 0 Å². The fraction of sp³-hybridized carbons (Fsp3) is 0.500. The first-order chi connectivity index (χ1) is 17.2. The molecule has 0 radical (unpaired) electrons. The third-order valence-electron chi connectivity index (χ3n) is 6.86. The van der Waals surface area contributed by atoms with Crippen molar-refractivity contribution in [2.45, 2.75) is 45.8 Å². The zero-order valence-corrected chi connectivity index (χ0v) is 22.7. The lowest BCUT2D eigenvalue weighted by atomic mass is 10.1. The Labute approximate surface area is 217 Å². The number of benzene rings is 1. The molecule has 2 aromatic heterocycles. The van der Waals surface area contributed by atoms with Crippen LogP contribution < -0.4 is 9.80 Å². The van der Waals surface area contributed by atoms with E-state index in [9.17, 15) is 4.79 Å². The van der Waals surface area contributed by atoms with E-state index in [-0.39, 0.29) is 12.2 Å². The molecule has 1 unspecified atom stereocenters. The molecule has 7 nitrogen and oxygen atoms in total. The summed E-state index contributed by atoms with van der Waals surface area (Å²) in [6.07, 6.45) is 1.11. The number of amides is 1. The Morgan fingerprint density at radius 1 is 1.03 bits per heavy atom. The van der Waals surface area contributed by atoms with Gasteiger partial charge in [0.05, 0.1) is 27.7 Å². The van der Waals surface area contributed by atoms with Gasteiger partial charge in [0, 0.05) is 62.5 Å². The maximum atomic E-state index is 12.4. The third kappa shape index (κ3) is 5.30. The number of anilines is 2. The summed E-state index contributed by atoms with van der Waals surface area (Å²) in [6.45, 7) is 12.7. The molecule has 0 bridgehead atoms. The van der Waals surface area contributed by atoms with Crippen molar-refractivity contribution >= 4 is 39.0 Å². The van der Waals surface area contributed by atoms with Crippen LogP contribution in [0.2, 0.25) is 0 Å². The highest BCUT2D eigenvalue weighted by molar-refractivity contribution is 7.19. The summed E-state index contributed by atoms with van der Waals surface area (Å²) >= 11 is 1.82. The molecule has 2 saturated heterocycles. The lowest BCUT2D eigenvalue weighted by Crippen LogP contribution is -2.50. The number of pyridine rings is 1. The topological polar surface area (TPSA) is 58.1 Å². The monoisotopic (exact) mass is 508 g/mol. The van der Waals surface area contributed by atoms with E-state index < -0.39 is 5.60 Å². The number of ether oxygens (including phenoxy) is 2. The smallest absolute Gasteiger partial charge is 0.410 e. The number of carbonyl (C=O) groups is 1. The first-order valence-corrected chi connectivity index (χ1v) is 13.5. The summed E-state index contributed by atoms with van der Waals surface area (Å²) in [4.78, 5) is 25.2. The van der Waals surface area contributed by atoms with Crippen LogP contribution in [0.1, 0.15) is 32.1 Å². The molecule has 36 heavy (non-hydrogen) atoms. The van der Waals surface area contributed by atoms with Crippen LogP contribution in [0.5, 0.6) is 0 Å². The summed E-state index contributed by atoms with van der Waals surface area (Å²) in [6, 6.07) is 13.1. The van der Waals surface area contributed by atoms with Gasteiger partial charge in [-0.2, -0.15) is 0 Å². The average molecular weight is 509 g/mol. The molecule has 2 fully saturated rings. The van der Waals surface area contributed by atoms with E-state index in [1.165, 1.54) is 15.3 Å². The number of aryl methyl sites for hydroxylation is 1. The van der Waals surface area contributed by atoms with Crippen LogP contribution in [0, 0.1) is 6.92 Å². The van der Waals surface area contributed by atoms with Crippen molar-refractivity contribution in [2.24, 2.45) is 0 Å². The van der Waals surface area contributed by atoms with Gasteiger partial charge in [0.15, 0.2) is 0 Å². The number of aromatic nitrogens is 1. The molecule has 4 heterocycles. The van der Waals surface area contributed by atoms with Crippen molar-refractivity contribution in [3.8, 4) is 11.3 Å². The third-order valence-corrected chi connectivity index (χ3v) is 7.92. The number of carbonyl (C=O) groups excluding carboxylic acids is 1. The van der Waals surface area contributed by atoms with Gasteiger partial charge in [-0.1, -0.05) is 12.1 Å². The lowest BCUT2D eigenvalue weighted by molar-refractivity contribution is 0.0240. The van der Waals surface area contributed by atoms with Crippen molar-refractivity contribution in [2.75, 3.05) is 56.2 Å². The van der Waals surface area contributed by atoms with E-state index in [0.717, 1.165) is 55.1 Å². The number of rotatable bonds is 4. The van der Waals surface area contributed by atoms with E-state index in [4.69, 9.17) is 14.5 Å². The van der Waals surface area contributed by atoms with E-state index in [0.29, 0.717) is 13.1 Å². The maximum Gasteiger partial charge on any atom is 0.410 e. The van der Waals surface area contributed by atoms with Crippen molar-refractivity contribution < 1.29 is 14.3 Å². The van der Waals surface area contributed by atoms with Crippen molar-refractivity contribution in [1.29, 1.82) is 0 Å². The predicted molar refractivity (Wildman–Crippen MR) is 147 cm³/mol. The molecule has 0 aliphatic carbocycles. The quantitative estimate of drug-likeness (QED) is 0.460. The Bertz CT molecular complexity index is 1230. The minimum Gasteiger partial charge on any atom is -0.444 e. The molecular weight excluding hydrogens is 472 g/mol. The summed E-state index contributed by atoms with van der Waals surface area (Å²) in [7, 11) is 1.80. The minimum atomic E-state index is -0.469. The molecule has 1 amide bonds. The average Bonchev–Trinajstić information content (AvgIpc) is 3.48. The minimum absolute atomic E-state index is 0.228. The zero-order valence-electron chi connectivity index (χ0n) is 21.9. The fourth-order valence-corrected chi connectivity index (χ4v) is 5.96. The van der Waals surface area contributed by atoms with Gasteiger partial charge in [-0.3, -0.25) is 0 Å². The Balaban J connectivity index is 1.32. The molecular formula is C28H36N4O3S. The molecule has 2 aliphatic heterocycles. The van der Waals surface area contributed by atoms with E-state index in [1.807, 2.05) is 32.1 Å². The standard InChI is InChI=1S/C28H36N4O3S/c1-19-16-24-26(36-19)25(32-11-10-22(18-32)34-5)17-23(29-24)20-6-8-21(9-7-20)30-12-14-31(15-13-30)27(33)35-28(2,3)4/h6-9,16-17,22H,10-15,18H2,1-5H3. The Morgan fingerprint density at radius 2 is 1.75 bits per heavy atom. The molecule has 192 valence electrons. The maximum absolute atomic E-state index is 12.4. The van der Waals surface area contributed by atoms with Crippen LogP contribution >= 0.6 is 11.3 Å². The lowest BCUT2D eigenvalue weighted by Gasteiger charge is -2.36. The number of hydrogen-bond donors (Lipinski definition) is 0. The first-order valence-electron chi connectivity index (χ1n) is 12.7. The van der Waals surface area contributed by atoms with Crippen LogP contribution in [0.4, 0.5) is 16.2 Å². The molecule has 2 aliphatic rings. The Morgan fingerprint density at radius 3 is 2.39 bits per heavy atom. The predicted octanol–water partition coefficient (Wildman–Crippen LogP) is 5.55. The van der Waals surface area contributed by atoms with Gasteiger partial charge in [-0.25, -0.2) is 9.78 Å². The summed E-state index contributed by atoms with van der Waals surface area (Å²) in [5.41, 5.74) is 5.13. The Kier molecular flexibility index (Phi) is 6.83. The largest absolute Gasteiger partial charge is 0.444 e. The van der Waals surface area contributed by atoms with Gasteiger partial charge in [0.25, 0.3) is 0 Å². The Hall–Kier alpha value is -2.84. The molecule has 0 spiro atoms. The second-order valence-electron chi connectivity index (χ2n) is 10.7. The zero-order chi connectivity index (χ0) is 25.4. The highest BCUT2D eigenvalue weighted by atomic mass is 32.1. The molecule has 1 aromatic carbocycles. The van der Waals surface area contributed by atoms with Crippen molar-refractivity contribution in [3.63, 3.8) is 0 Å². The van der Waals surface area contributed by atoms with Gasteiger partial charge < -0.3 is 24.2 Å². The van der Waals surface area contributed by atoms with Crippen LogP contribution in [0.25, 0.3) is 21.5 Å². The summed E-state index contributed by atoms with van der Waals surface area (Å²) in [5.74, 6) is 0. The molecule has 8 heteroatoms. The van der Waals surface area contributed by atoms with E-state index >= 15 is 0 Å². The van der Waals surface area contributed by atoms with Crippen LogP contribution in [-0.4, -0.2) is 74.1 Å². The molecule has 0 saturated carbocycles. The second kappa shape index (κ2) is 9.90. The second-order valence-corrected chi connectivity index (χ2v) is 11.9. The highest BCUT2D eigenvalue weighted by Gasteiger charge is 2.27. The number of piperazine rings is 1. The number of nitrogens with zero attached hydrogens (tertiary/aromatic N) is 4. The highest BCUT2D eigenvalue weighted by Crippen LogP contribution is 2.38. The van der Waals surface area contributed by atoms with Crippen LogP contribution in [-0.2, 0) is 9.47 Å². The summed E-state index contributed by atoms with van der Waals surface area (Å²) in [5, 5.41) is 0. The van der Waals surface area contributed by atoms with Crippen LogP contribution in [0.15, 0.2) is 36.4 Å². The number of methoxy groups -OCH3 is 1. The normalized spacial score (nSPS) is 18.8. The van der Waals surface area contributed by atoms with Gasteiger partial charge in [-0.15, -0.1) is 11.3 Å². The summed E-state index contributed by atoms with van der Waals surface area (Å²) < 4.78 is 12.4. The SMILES string of the molecule is COC1CCN(c2cc(-c3ccc(N4CCN(C(=O)OC(C)(C)C)CC4)cc3)nc3cc(C)sc23)C1. The fourth-order valence-electron chi connectivity index (χ4n) is 4.96. The van der Waals surface area contributed by atoms with Crippen LogP contribution in [0.3, 0.4) is 0 Å². The van der Waals surface area contributed by atoms with Gasteiger partial charge >= 0.3 is 6.09 Å². The number of thiophene rings is 1. The first kappa shape index (κ1) is 24.8. The van der Waals surface area contributed by atoms with Crippen molar-refractivity contribution in [1.82, 2.24) is 9.88 Å². The number of fused-ring (bicyclic) bond motifs is 1. The number of hydrogen-bond acceptors (Lipinski definition) is 7.